The molecule has 3 heteroatoms. The van der Waals surface area contributed by atoms with Gasteiger partial charge in [-0.1, -0.05) is 13.8 Å². The van der Waals surface area contributed by atoms with Crippen molar-refractivity contribution in [3.63, 3.8) is 0 Å². The molecule has 0 radical (unpaired) electrons. The van der Waals surface area contributed by atoms with E-state index in [1.165, 1.54) is 12.8 Å². The van der Waals surface area contributed by atoms with Gasteiger partial charge in [-0.25, -0.2) is 0 Å². The van der Waals surface area contributed by atoms with Gasteiger partial charge in [-0.2, -0.15) is 0 Å². The molecular formula is C15H23NO2. The molecule has 2 saturated heterocycles. The summed E-state index contributed by atoms with van der Waals surface area (Å²) in [5.74, 6) is 1.11. The fourth-order valence-corrected chi connectivity index (χ4v) is 5.31. The van der Waals surface area contributed by atoms with Gasteiger partial charge in [0.05, 0.1) is 11.5 Å². The summed E-state index contributed by atoms with van der Waals surface area (Å²) in [5.41, 5.74) is -0.0529. The second-order valence-electron chi connectivity index (χ2n) is 7.24. The summed E-state index contributed by atoms with van der Waals surface area (Å²) < 4.78 is 6.35. The first-order valence-corrected chi connectivity index (χ1v) is 7.54. The third-order valence-electron chi connectivity index (χ3n) is 6.52. The first-order valence-electron chi connectivity index (χ1n) is 7.54. The van der Waals surface area contributed by atoms with Crippen LogP contribution in [0.5, 0.6) is 0 Å². The van der Waals surface area contributed by atoms with Gasteiger partial charge in [0.15, 0.2) is 0 Å². The summed E-state index contributed by atoms with van der Waals surface area (Å²) in [6.45, 7) is 5.52. The molecule has 1 spiro atoms. The number of carbonyl (C=O) groups excluding carboxylic acids is 1. The van der Waals surface area contributed by atoms with Crippen LogP contribution < -0.4 is 0 Å². The minimum Gasteiger partial charge on any atom is -0.354 e. The maximum Gasteiger partial charge on any atom is 0.234 e. The Kier molecular flexibility index (Phi) is 2.07. The molecule has 0 unspecified atom stereocenters. The molecule has 0 aromatic heterocycles. The van der Waals surface area contributed by atoms with Crippen molar-refractivity contribution in [1.82, 2.24) is 4.90 Å². The Bertz CT molecular complexity index is 405. The van der Waals surface area contributed by atoms with E-state index in [1.54, 1.807) is 0 Å². The first-order chi connectivity index (χ1) is 8.57. The second kappa shape index (κ2) is 3.30. The van der Waals surface area contributed by atoms with Crippen molar-refractivity contribution in [1.29, 1.82) is 0 Å². The molecule has 0 aromatic rings. The molecule has 2 saturated carbocycles. The van der Waals surface area contributed by atoms with E-state index in [0.29, 0.717) is 11.8 Å². The fraction of sp³-hybridized carbons (Fsp3) is 0.933. The lowest BCUT2D eigenvalue weighted by atomic mass is 9.66. The highest BCUT2D eigenvalue weighted by molar-refractivity contribution is 5.86. The third kappa shape index (κ3) is 1.05. The minimum absolute atomic E-state index is 0.0945. The Hall–Kier alpha value is -0.570. The molecule has 2 bridgehead atoms. The van der Waals surface area contributed by atoms with Gasteiger partial charge in [0.25, 0.3) is 0 Å². The van der Waals surface area contributed by atoms with Crippen molar-refractivity contribution >= 4 is 5.91 Å². The molecule has 4 fully saturated rings. The van der Waals surface area contributed by atoms with Gasteiger partial charge in [-0.05, 0) is 49.9 Å². The standard InChI is InChI=1S/C15H23NO2/c1-14(2)10-6-7-15(14)11(9-10)18-12-5-3-4-8-16(12)13(15)17/h10-12H,3-9H2,1-2H3/t10-,11-,12+,15+/m1/s1. The van der Waals surface area contributed by atoms with Crippen LogP contribution >= 0.6 is 0 Å². The minimum atomic E-state index is -0.189. The summed E-state index contributed by atoms with van der Waals surface area (Å²) in [5, 5.41) is 0. The number of hydrogen-bond donors (Lipinski definition) is 0. The molecule has 2 heterocycles. The quantitative estimate of drug-likeness (QED) is 0.660. The lowest BCUT2D eigenvalue weighted by Crippen LogP contribution is -2.63. The molecule has 2 aliphatic heterocycles. The average Bonchev–Trinajstić information content (AvgIpc) is 2.74. The highest BCUT2D eigenvalue weighted by Crippen LogP contribution is 2.68. The molecule has 18 heavy (non-hydrogen) atoms. The van der Waals surface area contributed by atoms with Crippen LogP contribution in [0.1, 0.15) is 52.4 Å². The van der Waals surface area contributed by atoms with E-state index in [4.69, 9.17) is 4.74 Å². The van der Waals surface area contributed by atoms with E-state index in [2.05, 4.69) is 18.7 Å². The summed E-state index contributed by atoms with van der Waals surface area (Å²) >= 11 is 0. The maximum absolute atomic E-state index is 13.1. The number of fused-ring (bicyclic) bond motifs is 2. The average molecular weight is 249 g/mol. The molecule has 4 atom stereocenters. The van der Waals surface area contributed by atoms with E-state index >= 15 is 0 Å². The Morgan fingerprint density at radius 1 is 1.28 bits per heavy atom. The lowest BCUT2D eigenvalue weighted by Gasteiger charge is -2.52. The number of hydrogen-bond acceptors (Lipinski definition) is 2. The van der Waals surface area contributed by atoms with Crippen molar-refractivity contribution in [2.24, 2.45) is 16.7 Å². The number of rotatable bonds is 0. The summed E-state index contributed by atoms with van der Waals surface area (Å²) in [7, 11) is 0. The second-order valence-corrected chi connectivity index (χ2v) is 7.24. The molecule has 100 valence electrons. The van der Waals surface area contributed by atoms with E-state index in [9.17, 15) is 4.79 Å². The van der Waals surface area contributed by atoms with Gasteiger partial charge < -0.3 is 9.64 Å². The zero-order valence-electron chi connectivity index (χ0n) is 11.4. The lowest BCUT2D eigenvalue weighted by molar-refractivity contribution is -0.219. The van der Waals surface area contributed by atoms with Crippen LogP contribution in [0.4, 0.5) is 0 Å². The number of nitrogens with zero attached hydrogens (tertiary/aromatic N) is 1. The Labute approximate surface area is 109 Å². The summed E-state index contributed by atoms with van der Waals surface area (Å²) in [6.07, 6.45) is 7.09. The van der Waals surface area contributed by atoms with Gasteiger partial charge in [-0.15, -0.1) is 0 Å². The zero-order valence-corrected chi connectivity index (χ0v) is 11.4. The van der Waals surface area contributed by atoms with Crippen molar-refractivity contribution in [2.45, 2.75) is 64.7 Å². The van der Waals surface area contributed by atoms with Crippen LogP contribution in [0.3, 0.4) is 0 Å². The van der Waals surface area contributed by atoms with Crippen molar-refractivity contribution in [3.8, 4) is 0 Å². The van der Waals surface area contributed by atoms with Crippen molar-refractivity contribution < 1.29 is 9.53 Å². The zero-order chi connectivity index (χ0) is 12.5. The normalized spacial score (nSPS) is 49.1. The molecule has 3 nitrogen and oxygen atoms in total. The Morgan fingerprint density at radius 3 is 2.89 bits per heavy atom. The van der Waals surface area contributed by atoms with E-state index in [-0.39, 0.29) is 23.2 Å². The number of amides is 1. The molecule has 0 N–H and O–H groups in total. The molecule has 4 aliphatic rings. The Morgan fingerprint density at radius 2 is 2.11 bits per heavy atom. The van der Waals surface area contributed by atoms with Crippen LogP contribution in [-0.2, 0) is 9.53 Å². The predicted molar refractivity (Wildman–Crippen MR) is 67.8 cm³/mol. The third-order valence-corrected chi connectivity index (χ3v) is 6.52. The van der Waals surface area contributed by atoms with Crippen LogP contribution in [0.15, 0.2) is 0 Å². The first kappa shape index (κ1) is 11.3. The molecule has 4 rings (SSSR count). The van der Waals surface area contributed by atoms with Crippen molar-refractivity contribution in [3.05, 3.63) is 0 Å². The van der Waals surface area contributed by atoms with Gasteiger partial charge in [0, 0.05) is 6.54 Å². The molecule has 1 amide bonds. The van der Waals surface area contributed by atoms with Crippen LogP contribution in [0.2, 0.25) is 0 Å². The van der Waals surface area contributed by atoms with Gasteiger partial charge >= 0.3 is 0 Å². The van der Waals surface area contributed by atoms with Crippen LogP contribution in [0, 0.1) is 16.7 Å². The maximum atomic E-state index is 13.1. The fourth-order valence-electron chi connectivity index (χ4n) is 5.31. The van der Waals surface area contributed by atoms with Gasteiger partial charge in [-0.3, -0.25) is 4.79 Å². The van der Waals surface area contributed by atoms with Gasteiger partial charge in [0.1, 0.15) is 6.23 Å². The summed E-state index contributed by atoms with van der Waals surface area (Å²) in [6, 6.07) is 0. The largest absolute Gasteiger partial charge is 0.354 e. The molecule has 2 aliphatic carbocycles. The monoisotopic (exact) mass is 249 g/mol. The highest BCUT2D eigenvalue weighted by atomic mass is 16.5. The SMILES string of the molecule is CC1(C)[C@@H]2CC[C@]13C(=O)N1CCCC[C@@H]1O[C@@H]3C2. The van der Waals surface area contributed by atoms with Crippen LogP contribution in [0.25, 0.3) is 0 Å². The predicted octanol–water partition coefficient (Wildman–Crippen LogP) is 2.55. The topological polar surface area (TPSA) is 29.5 Å². The number of piperidine rings is 1. The number of carbonyl (C=O) groups is 1. The summed E-state index contributed by atoms with van der Waals surface area (Å²) in [4.78, 5) is 15.1. The van der Waals surface area contributed by atoms with E-state index in [1.807, 2.05) is 0 Å². The van der Waals surface area contributed by atoms with E-state index < -0.39 is 0 Å². The number of ether oxygens (including phenoxy) is 1. The van der Waals surface area contributed by atoms with Crippen LogP contribution in [-0.4, -0.2) is 29.7 Å². The van der Waals surface area contributed by atoms with Gasteiger partial charge in [0.2, 0.25) is 5.91 Å². The molecular weight excluding hydrogens is 226 g/mol. The Balaban J connectivity index is 1.77. The highest BCUT2D eigenvalue weighted by Gasteiger charge is 2.71. The van der Waals surface area contributed by atoms with E-state index in [0.717, 1.165) is 32.2 Å². The molecule has 0 aromatic carbocycles. The van der Waals surface area contributed by atoms with Crippen molar-refractivity contribution in [2.75, 3.05) is 6.54 Å². The smallest absolute Gasteiger partial charge is 0.234 e.